The van der Waals surface area contributed by atoms with Crippen LogP contribution in [0.15, 0.2) is 24.3 Å². The molecule has 1 aromatic heterocycles. The molecule has 0 spiro atoms. The largest absolute Gasteiger partial charge is 0.486 e. The molecule has 0 aliphatic carbocycles. The first kappa shape index (κ1) is 12.3. The fourth-order valence-electron chi connectivity index (χ4n) is 1.87. The molecule has 1 aromatic carbocycles. The van der Waals surface area contributed by atoms with E-state index in [-0.39, 0.29) is 5.95 Å². The number of fused-ring (bicyclic) bond motifs is 1. The Morgan fingerprint density at radius 2 is 1.75 bits per heavy atom. The van der Waals surface area contributed by atoms with Crippen LogP contribution in [-0.2, 0) is 0 Å². The lowest BCUT2D eigenvalue weighted by Gasteiger charge is -2.19. The first-order chi connectivity index (χ1) is 9.74. The van der Waals surface area contributed by atoms with Gasteiger partial charge in [-0.25, -0.2) is 5.84 Å². The molecule has 3 rings (SSSR count). The Hall–Kier alpha value is -2.74. The Labute approximate surface area is 115 Å². The predicted octanol–water partition coefficient (Wildman–Crippen LogP) is 0.859. The van der Waals surface area contributed by atoms with Crippen LogP contribution in [0.4, 0.5) is 23.3 Å². The molecule has 0 atom stereocenters. The minimum atomic E-state index is 0.125. The van der Waals surface area contributed by atoms with Crippen molar-refractivity contribution in [1.29, 1.82) is 0 Å². The maximum atomic E-state index is 5.60. The van der Waals surface area contributed by atoms with E-state index in [0.29, 0.717) is 30.6 Å². The second-order valence-electron chi connectivity index (χ2n) is 4.12. The molecule has 0 radical (unpaired) electrons. The lowest BCUT2D eigenvalue weighted by Crippen LogP contribution is -2.15. The molecule has 2 aromatic rings. The third-order valence-corrected chi connectivity index (χ3v) is 2.71. The fraction of sp³-hybridized carbons (Fsp3) is 0.167. The number of nitrogens with two attached hydrogens (primary N) is 2. The SMILES string of the molecule is NNc1cc(Nc2ccc3c(c2)OCCO3)nc(N)n1. The van der Waals surface area contributed by atoms with Crippen molar-refractivity contribution in [1.82, 2.24) is 9.97 Å². The fourth-order valence-corrected chi connectivity index (χ4v) is 1.87. The Morgan fingerprint density at radius 3 is 2.55 bits per heavy atom. The van der Waals surface area contributed by atoms with E-state index in [4.69, 9.17) is 21.1 Å². The topological polar surface area (TPSA) is 120 Å². The van der Waals surface area contributed by atoms with Crippen molar-refractivity contribution >= 4 is 23.3 Å². The normalized spacial score (nSPS) is 12.8. The molecular weight excluding hydrogens is 260 g/mol. The number of anilines is 4. The van der Waals surface area contributed by atoms with Crippen LogP contribution >= 0.6 is 0 Å². The second kappa shape index (κ2) is 5.10. The molecule has 8 nitrogen and oxygen atoms in total. The summed E-state index contributed by atoms with van der Waals surface area (Å²) in [4.78, 5) is 7.99. The number of hydrazine groups is 1. The Morgan fingerprint density at radius 1 is 1.00 bits per heavy atom. The highest BCUT2D eigenvalue weighted by Gasteiger charge is 2.12. The molecule has 1 aliphatic heterocycles. The number of rotatable bonds is 3. The van der Waals surface area contributed by atoms with E-state index >= 15 is 0 Å². The zero-order chi connectivity index (χ0) is 13.9. The average molecular weight is 274 g/mol. The Balaban J connectivity index is 1.85. The number of nitrogens with one attached hydrogen (secondary N) is 2. The summed E-state index contributed by atoms with van der Waals surface area (Å²) in [7, 11) is 0. The smallest absolute Gasteiger partial charge is 0.223 e. The van der Waals surface area contributed by atoms with E-state index in [1.54, 1.807) is 6.07 Å². The van der Waals surface area contributed by atoms with E-state index in [0.717, 1.165) is 11.4 Å². The van der Waals surface area contributed by atoms with Crippen molar-refractivity contribution in [3.63, 3.8) is 0 Å². The van der Waals surface area contributed by atoms with Gasteiger partial charge < -0.3 is 25.9 Å². The standard InChI is InChI=1S/C12H14N6O2/c13-12-16-10(6-11(17-12)18-14)15-7-1-2-8-9(5-7)20-4-3-19-8/h1-2,5-6H,3-4,14H2,(H4,13,15,16,17,18). The molecule has 20 heavy (non-hydrogen) atoms. The number of aromatic nitrogens is 2. The van der Waals surface area contributed by atoms with Crippen molar-refractivity contribution in [2.24, 2.45) is 5.84 Å². The van der Waals surface area contributed by atoms with Gasteiger partial charge in [0.1, 0.15) is 24.8 Å². The number of ether oxygens (including phenoxy) is 2. The van der Waals surface area contributed by atoms with Gasteiger partial charge in [-0.15, -0.1) is 0 Å². The highest BCUT2D eigenvalue weighted by molar-refractivity contribution is 5.64. The van der Waals surface area contributed by atoms with Crippen LogP contribution in [0.3, 0.4) is 0 Å². The molecule has 8 heteroatoms. The number of benzene rings is 1. The molecule has 0 saturated carbocycles. The highest BCUT2D eigenvalue weighted by Crippen LogP contribution is 2.33. The molecule has 0 bridgehead atoms. The number of hydrogen-bond acceptors (Lipinski definition) is 8. The molecular formula is C12H14N6O2. The molecule has 0 amide bonds. The maximum Gasteiger partial charge on any atom is 0.223 e. The van der Waals surface area contributed by atoms with Crippen molar-refractivity contribution in [3.05, 3.63) is 24.3 Å². The van der Waals surface area contributed by atoms with Crippen LogP contribution in [0.1, 0.15) is 0 Å². The summed E-state index contributed by atoms with van der Waals surface area (Å²) < 4.78 is 11.0. The molecule has 104 valence electrons. The van der Waals surface area contributed by atoms with E-state index in [9.17, 15) is 0 Å². The van der Waals surface area contributed by atoms with Crippen LogP contribution in [-0.4, -0.2) is 23.2 Å². The summed E-state index contributed by atoms with van der Waals surface area (Å²) in [5.41, 5.74) is 8.83. The van der Waals surface area contributed by atoms with Crippen LogP contribution in [0.25, 0.3) is 0 Å². The molecule has 0 unspecified atom stereocenters. The third-order valence-electron chi connectivity index (χ3n) is 2.71. The lowest BCUT2D eigenvalue weighted by atomic mass is 10.2. The highest BCUT2D eigenvalue weighted by atomic mass is 16.6. The second-order valence-corrected chi connectivity index (χ2v) is 4.12. The van der Waals surface area contributed by atoms with Gasteiger partial charge in [-0.2, -0.15) is 9.97 Å². The van der Waals surface area contributed by atoms with Crippen LogP contribution < -0.4 is 31.8 Å². The number of nitrogens with zero attached hydrogens (tertiary/aromatic N) is 2. The maximum absolute atomic E-state index is 5.60. The summed E-state index contributed by atoms with van der Waals surface area (Å²) >= 11 is 0. The Kier molecular flexibility index (Phi) is 3.13. The van der Waals surface area contributed by atoms with Crippen molar-refractivity contribution in [3.8, 4) is 11.5 Å². The minimum absolute atomic E-state index is 0.125. The van der Waals surface area contributed by atoms with Gasteiger partial charge >= 0.3 is 0 Å². The molecule has 6 N–H and O–H groups in total. The Bertz CT molecular complexity index is 633. The minimum Gasteiger partial charge on any atom is -0.486 e. The van der Waals surface area contributed by atoms with Crippen molar-refractivity contribution < 1.29 is 9.47 Å². The van der Waals surface area contributed by atoms with Gasteiger partial charge in [0.15, 0.2) is 11.5 Å². The number of hydrogen-bond donors (Lipinski definition) is 4. The third kappa shape index (κ3) is 2.50. The van der Waals surface area contributed by atoms with E-state index in [1.165, 1.54) is 0 Å². The van der Waals surface area contributed by atoms with Crippen LogP contribution in [0.2, 0.25) is 0 Å². The van der Waals surface area contributed by atoms with Crippen LogP contribution in [0, 0.1) is 0 Å². The van der Waals surface area contributed by atoms with E-state index in [2.05, 4.69) is 20.7 Å². The first-order valence-electron chi connectivity index (χ1n) is 6.02. The van der Waals surface area contributed by atoms with Gasteiger partial charge in [0.25, 0.3) is 0 Å². The van der Waals surface area contributed by atoms with Gasteiger partial charge in [-0.05, 0) is 12.1 Å². The summed E-state index contributed by atoms with van der Waals surface area (Å²) in [6, 6.07) is 7.18. The summed E-state index contributed by atoms with van der Waals surface area (Å²) in [5, 5.41) is 3.11. The van der Waals surface area contributed by atoms with Crippen molar-refractivity contribution in [2.45, 2.75) is 0 Å². The van der Waals surface area contributed by atoms with Gasteiger partial charge in [-0.1, -0.05) is 0 Å². The summed E-state index contributed by atoms with van der Waals surface area (Å²) in [5.74, 6) is 7.82. The quantitative estimate of drug-likeness (QED) is 0.480. The zero-order valence-corrected chi connectivity index (χ0v) is 10.6. The molecule has 2 heterocycles. The molecule has 0 fully saturated rings. The lowest BCUT2D eigenvalue weighted by molar-refractivity contribution is 0.171. The zero-order valence-electron chi connectivity index (χ0n) is 10.6. The summed E-state index contributed by atoms with van der Waals surface area (Å²) in [6.45, 7) is 1.10. The molecule has 1 aliphatic rings. The predicted molar refractivity (Wildman–Crippen MR) is 75.0 cm³/mol. The number of nitrogen functional groups attached to an aromatic ring is 2. The average Bonchev–Trinajstić information content (AvgIpc) is 2.46. The summed E-state index contributed by atoms with van der Waals surface area (Å²) in [6.07, 6.45) is 0. The van der Waals surface area contributed by atoms with Gasteiger partial charge in [0.2, 0.25) is 5.95 Å². The monoisotopic (exact) mass is 274 g/mol. The van der Waals surface area contributed by atoms with Gasteiger partial charge in [0.05, 0.1) is 0 Å². The van der Waals surface area contributed by atoms with Crippen LogP contribution in [0.5, 0.6) is 11.5 Å². The van der Waals surface area contributed by atoms with Gasteiger partial charge in [0, 0.05) is 17.8 Å². The first-order valence-corrected chi connectivity index (χ1v) is 6.02. The van der Waals surface area contributed by atoms with Gasteiger partial charge in [-0.3, -0.25) is 0 Å². The van der Waals surface area contributed by atoms with E-state index < -0.39 is 0 Å². The molecule has 0 saturated heterocycles. The van der Waals surface area contributed by atoms with E-state index in [1.807, 2.05) is 18.2 Å². The van der Waals surface area contributed by atoms with Crippen molar-refractivity contribution in [2.75, 3.05) is 29.7 Å².